The lowest BCUT2D eigenvalue weighted by molar-refractivity contribution is 0.0695. The molecule has 0 aliphatic carbocycles. The predicted octanol–water partition coefficient (Wildman–Crippen LogP) is 5.06. The lowest BCUT2D eigenvalue weighted by Gasteiger charge is -2.31. The van der Waals surface area contributed by atoms with Gasteiger partial charge in [0.05, 0.1) is 5.92 Å². The van der Waals surface area contributed by atoms with Gasteiger partial charge in [-0.25, -0.2) is 0 Å². The second kappa shape index (κ2) is 7.71. The third-order valence-electron chi connectivity index (χ3n) is 4.65. The third kappa shape index (κ3) is 3.99. The Kier molecular flexibility index (Phi) is 5.14. The summed E-state index contributed by atoms with van der Waals surface area (Å²) >= 11 is 12.0. The van der Waals surface area contributed by atoms with Gasteiger partial charge in [-0.1, -0.05) is 46.6 Å². The Morgan fingerprint density at radius 1 is 1.11 bits per heavy atom. The van der Waals surface area contributed by atoms with E-state index in [0.717, 1.165) is 18.4 Å². The fourth-order valence-corrected chi connectivity index (χ4v) is 3.69. The van der Waals surface area contributed by atoms with Crippen molar-refractivity contribution in [3.05, 3.63) is 70.0 Å². The molecule has 2 aromatic carbocycles. The Morgan fingerprint density at radius 2 is 1.89 bits per heavy atom. The normalized spacial score (nSPS) is 17.1. The van der Waals surface area contributed by atoms with E-state index in [1.807, 2.05) is 17.0 Å². The number of carbonyl (C=O) groups excluding carboxylic acids is 1. The Morgan fingerprint density at radius 3 is 2.67 bits per heavy atom. The molecule has 7 heteroatoms. The molecule has 0 N–H and O–H groups in total. The number of halogens is 2. The fourth-order valence-electron chi connectivity index (χ4n) is 3.31. The summed E-state index contributed by atoms with van der Waals surface area (Å²) in [5, 5.41) is 5.25. The van der Waals surface area contributed by atoms with Crippen molar-refractivity contribution in [2.75, 3.05) is 13.1 Å². The van der Waals surface area contributed by atoms with Crippen molar-refractivity contribution >= 4 is 29.1 Å². The molecule has 4 rings (SSSR count). The second-order valence-corrected chi connectivity index (χ2v) is 7.44. The smallest absolute Gasteiger partial charge is 0.253 e. The molecular formula is C20H17Cl2N3O2. The van der Waals surface area contributed by atoms with E-state index in [0.29, 0.717) is 40.4 Å². The van der Waals surface area contributed by atoms with Crippen molar-refractivity contribution < 1.29 is 9.32 Å². The van der Waals surface area contributed by atoms with Crippen LogP contribution in [0.5, 0.6) is 0 Å². The number of rotatable bonds is 3. The molecule has 0 bridgehead atoms. The van der Waals surface area contributed by atoms with Crippen LogP contribution in [0.25, 0.3) is 11.4 Å². The van der Waals surface area contributed by atoms with Gasteiger partial charge in [-0.15, -0.1) is 0 Å². The van der Waals surface area contributed by atoms with E-state index < -0.39 is 0 Å². The number of aromatic nitrogens is 2. The van der Waals surface area contributed by atoms with Crippen LogP contribution in [0.1, 0.15) is 35.0 Å². The first-order valence-corrected chi connectivity index (χ1v) is 9.50. The summed E-state index contributed by atoms with van der Waals surface area (Å²) in [7, 11) is 0. The standard InChI is InChI=1S/C20H17Cl2N3O2/c21-16-7-1-4-13(10-16)18-23-19(27-24-18)15-6-3-9-25(12-15)20(26)14-5-2-8-17(22)11-14/h1-2,4-5,7-8,10-11,15H,3,6,9,12H2/t15-/m0/s1. The number of hydrogen-bond donors (Lipinski definition) is 0. The van der Waals surface area contributed by atoms with Gasteiger partial charge in [-0.05, 0) is 43.2 Å². The van der Waals surface area contributed by atoms with Crippen LogP contribution < -0.4 is 0 Å². The van der Waals surface area contributed by atoms with Crippen LogP contribution in [-0.4, -0.2) is 34.0 Å². The number of likely N-dealkylation sites (tertiary alicyclic amines) is 1. The van der Waals surface area contributed by atoms with Gasteiger partial charge in [0, 0.05) is 34.3 Å². The molecule has 3 aromatic rings. The van der Waals surface area contributed by atoms with Gasteiger partial charge in [0.15, 0.2) is 0 Å². The molecule has 0 saturated carbocycles. The average molecular weight is 402 g/mol. The van der Waals surface area contributed by atoms with Gasteiger partial charge in [0.1, 0.15) is 0 Å². The molecule has 27 heavy (non-hydrogen) atoms. The summed E-state index contributed by atoms with van der Waals surface area (Å²) in [5.74, 6) is 1.04. The highest BCUT2D eigenvalue weighted by atomic mass is 35.5. The monoisotopic (exact) mass is 401 g/mol. The molecule has 5 nitrogen and oxygen atoms in total. The van der Waals surface area contributed by atoms with Crippen LogP contribution in [0.15, 0.2) is 53.1 Å². The van der Waals surface area contributed by atoms with Gasteiger partial charge in [-0.3, -0.25) is 4.79 Å². The molecule has 138 valence electrons. The highest BCUT2D eigenvalue weighted by Gasteiger charge is 2.29. The van der Waals surface area contributed by atoms with Gasteiger partial charge in [-0.2, -0.15) is 4.98 Å². The Bertz CT molecular complexity index is 973. The van der Waals surface area contributed by atoms with Gasteiger partial charge in [0.2, 0.25) is 11.7 Å². The zero-order valence-electron chi connectivity index (χ0n) is 14.4. The Labute approximate surface area is 166 Å². The van der Waals surface area contributed by atoms with Crippen molar-refractivity contribution in [2.24, 2.45) is 0 Å². The molecule has 2 heterocycles. The number of amides is 1. The van der Waals surface area contributed by atoms with Crippen LogP contribution in [0, 0.1) is 0 Å². The SMILES string of the molecule is O=C(c1cccc(Cl)c1)N1CCC[C@H](c2nc(-c3cccc(Cl)c3)no2)C1. The summed E-state index contributed by atoms with van der Waals surface area (Å²) in [5.41, 5.74) is 1.40. The minimum absolute atomic E-state index is 0.0160. The topological polar surface area (TPSA) is 59.2 Å². The number of benzene rings is 2. The summed E-state index contributed by atoms with van der Waals surface area (Å²) in [6.07, 6.45) is 1.78. The van der Waals surface area contributed by atoms with E-state index in [4.69, 9.17) is 27.7 Å². The number of carbonyl (C=O) groups is 1. The average Bonchev–Trinajstić information content (AvgIpc) is 3.18. The molecule has 1 aromatic heterocycles. The summed E-state index contributed by atoms with van der Waals surface area (Å²) in [4.78, 5) is 19.1. The van der Waals surface area contributed by atoms with Crippen LogP contribution >= 0.6 is 23.2 Å². The van der Waals surface area contributed by atoms with E-state index >= 15 is 0 Å². The largest absolute Gasteiger partial charge is 0.339 e. The maximum Gasteiger partial charge on any atom is 0.253 e. The lowest BCUT2D eigenvalue weighted by atomic mass is 9.97. The molecule has 0 spiro atoms. The Hall–Kier alpha value is -2.37. The third-order valence-corrected chi connectivity index (χ3v) is 5.12. The van der Waals surface area contributed by atoms with Crippen molar-refractivity contribution in [1.29, 1.82) is 0 Å². The van der Waals surface area contributed by atoms with Crippen LogP contribution in [0.3, 0.4) is 0 Å². The van der Waals surface area contributed by atoms with E-state index in [-0.39, 0.29) is 11.8 Å². The molecule has 1 aliphatic rings. The Balaban J connectivity index is 1.51. The van der Waals surface area contributed by atoms with E-state index in [1.54, 1.807) is 36.4 Å². The number of piperidine rings is 1. The fraction of sp³-hybridized carbons (Fsp3) is 0.250. The van der Waals surface area contributed by atoms with Crippen molar-refractivity contribution in [2.45, 2.75) is 18.8 Å². The molecule has 1 atom stereocenters. The lowest BCUT2D eigenvalue weighted by Crippen LogP contribution is -2.39. The number of hydrogen-bond acceptors (Lipinski definition) is 4. The first-order valence-electron chi connectivity index (χ1n) is 8.74. The van der Waals surface area contributed by atoms with Gasteiger partial charge < -0.3 is 9.42 Å². The van der Waals surface area contributed by atoms with Crippen molar-refractivity contribution in [3.63, 3.8) is 0 Å². The van der Waals surface area contributed by atoms with E-state index in [1.165, 1.54) is 0 Å². The minimum Gasteiger partial charge on any atom is -0.339 e. The maximum absolute atomic E-state index is 12.8. The number of nitrogens with zero attached hydrogens (tertiary/aromatic N) is 3. The summed E-state index contributed by atoms with van der Waals surface area (Å²) < 4.78 is 5.49. The highest BCUT2D eigenvalue weighted by molar-refractivity contribution is 6.31. The summed E-state index contributed by atoms with van der Waals surface area (Å²) in [6, 6.07) is 14.3. The maximum atomic E-state index is 12.8. The second-order valence-electron chi connectivity index (χ2n) is 6.57. The molecule has 0 unspecified atom stereocenters. The van der Waals surface area contributed by atoms with Crippen LogP contribution in [-0.2, 0) is 0 Å². The zero-order valence-corrected chi connectivity index (χ0v) is 16.0. The molecular weight excluding hydrogens is 385 g/mol. The van der Waals surface area contributed by atoms with E-state index in [9.17, 15) is 4.79 Å². The molecule has 1 saturated heterocycles. The molecule has 1 aliphatic heterocycles. The molecule has 1 fully saturated rings. The van der Waals surface area contributed by atoms with E-state index in [2.05, 4.69) is 10.1 Å². The van der Waals surface area contributed by atoms with Gasteiger partial charge in [0.25, 0.3) is 5.91 Å². The van der Waals surface area contributed by atoms with Crippen molar-refractivity contribution in [3.8, 4) is 11.4 Å². The van der Waals surface area contributed by atoms with Crippen LogP contribution in [0.4, 0.5) is 0 Å². The highest BCUT2D eigenvalue weighted by Crippen LogP contribution is 2.29. The van der Waals surface area contributed by atoms with Crippen LogP contribution in [0.2, 0.25) is 10.0 Å². The predicted molar refractivity (Wildman–Crippen MR) is 104 cm³/mol. The van der Waals surface area contributed by atoms with Gasteiger partial charge >= 0.3 is 0 Å². The quantitative estimate of drug-likeness (QED) is 0.614. The summed E-state index contributed by atoms with van der Waals surface area (Å²) in [6.45, 7) is 1.25. The first kappa shape index (κ1) is 18.0. The minimum atomic E-state index is -0.0308. The van der Waals surface area contributed by atoms with Crippen molar-refractivity contribution in [1.82, 2.24) is 15.0 Å². The first-order chi connectivity index (χ1) is 13.1. The molecule has 0 radical (unpaired) electrons. The zero-order chi connectivity index (χ0) is 18.8. The molecule has 1 amide bonds.